The van der Waals surface area contributed by atoms with Crippen molar-refractivity contribution in [2.24, 2.45) is 0 Å². The van der Waals surface area contributed by atoms with Crippen molar-refractivity contribution in [3.05, 3.63) is 28.2 Å². The Morgan fingerprint density at radius 1 is 1.44 bits per heavy atom. The fraction of sp³-hybridized carbons (Fsp3) is 0.500. The third-order valence-electron chi connectivity index (χ3n) is 3.50. The van der Waals surface area contributed by atoms with Crippen LogP contribution in [0, 0.1) is 0 Å². The van der Waals surface area contributed by atoms with Crippen LogP contribution < -0.4 is 4.90 Å². The molecule has 0 atom stereocenters. The number of aldehydes is 1. The zero-order valence-electron chi connectivity index (χ0n) is 10.3. The molecule has 1 aromatic carbocycles. The molecule has 18 heavy (non-hydrogen) atoms. The molecule has 4 heteroatoms. The lowest BCUT2D eigenvalue weighted by atomic mass is 9.90. The minimum Gasteiger partial charge on any atom is -0.396 e. The van der Waals surface area contributed by atoms with Crippen molar-refractivity contribution < 1.29 is 9.90 Å². The van der Waals surface area contributed by atoms with E-state index in [0.717, 1.165) is 29.4 Å². The van der Waals surface area contributed by atoms with Gasteiger partial charge in [-0.05, 0) is 43.9 Å². The van der Waals surface area contributed by atoms with E-state index in [9.17, 15) is 4.79 Å². The van der Waals surface area contributed by atoms with Crippen LogP contribution in [0.4, 0.5) is 5.69 Å². The van der Waals surface area contributed by atoms with Gasteiger partial charge < -0.3 is 10.0 Å². The highest BCUT2D eigenvalue weighted by molar-refractivity contribution is 9.10. The average Bonchev–Trinajstić information content (AvgIpc) is 2.32. The molecule has 2 rings (SSSR count). The molecule has 1 aliphatic carbocycles. The Balaban J connectivity index is 2.25. The number of aliphatic hydroxyl groups is 1. The van der Waals surface area contributed by atoms with Crippen molar-refractivity contribution in [2.45, 2.75) is 31.7 Å². The zero-order valence-corrected chi connectivity index (χ0v) is 11.9. The molecule has 1 aromatic rings. The molecule has 1 saturated carbocycles. The molecule has 0 heterocycles. The maximum absolute atomic E-state index is 11.2. The summed E-state index contributed by atoms with van der Waals surface area (Å²) in [6, 6.07) is 6.33. The number of nitrogens with zero attached hydrogens (tertiary/aromatic N) is 1. The first-order valence-electron chi connectivity index (χ1n) is 6.38. The van der Waals surface area contributed by atoms with Crippen LogP contribution in [0.15, 0.2) is 22.7 Å². The van der Waals surface area contributed by atoms with E-state index in [1.54, 1.807) is 0 Å². The maximum Gasteiger partial charge on any atom is 0.152 e. The summed E-state index contributed by atoms with van der Waals surface area (Å²) in [5.41, 5.74) is 1.71. The third kappa shape index (κ3) is 2.93. The summed E-state index contributed by atoms with van der Waals surface area (Å²) in [5, 5.41) is 9.00. The largest absolute Gasteiger partial charge is 0.396 e. The lowest BCUT2D eigenvalue weighted by molar-refractivity contribution is 0.112. The molecule has 0 saturated heterocycles. The summed E-state index contributed by atoms with van der Waals surface area (Å²) in [6.45, 7) is 1.000. The molecule has 0 aromatic heterocycles. The minimum atomic E-state index is 0.191. The van der Waals surface area contributed by atoms with Gasteiger partial charge in [-0.3, -0.25) is 4.79 Å². The summed E-state index contributed by atoms with van der Waals surface area (Å²) in [4.78, 5) is 13.5. The Morgan fingerprint density at radius 2 is 2.22 bits per heavy atom. The minimum absolute atomic E-state index is 0.191. The monoisotopic (exact) mass is 311 g/mol. The van der Waals surface area contributed by atoms with Crippen LogP contribution in [0.5, 0.6) is 0 Å². The molecule has 0 unspecified atom stereocenters. The van der Waals surface area contributed by atoms with Gasteiger partial charge in [0.25, 0.3) is 0 Å². The smallest absolute Gasteiger partial charge is 0.152 e. The zero-order chi connectivity index (χ0) is 13.0. The molecule has 0 amide bonds. The van der Waals surface area contributed by atoms with Crippen molar-refractivity contribution in [2.75, 3.05) is 18.1 Å². The number of rotatable bonds is 6. The Labute approximate surface area is 116 Å². The van der Waals surface area contributed by atoms with Crippen molar-refractivity contribution >= 4 is 27.9 Å². The summed E-state index contributed by atoms with van der Waals surface area (Å²) in [6.07, 6.45) is 5.27. The highest BCUT2D eigenvalue weighted by atomic mass is 79.9. The quantitative estimate of drug-likeness (QED) is 0.821. The van der Waals surface area contributed by atoms with Crippen LogP contribution in [0.25, 0.3) is 0 Å². The van der Waals surface area contributed by atoms with Crippen LogP contribution in [-0.4, -0.2) is 30.6 Å². The van der Waals surface area contributed by atoms with Crippen LogP contribution in [0.1, 0.15) is 36.0 Å². The van der Waals surface area contributed by atoms with E-state index in [0.29, 0.717) is 11.6 Å². The van der Waals surface area contributed by atoms with E-state index in [1.807, 2.05) is 18.2 Å². The van der Waals surface area contributed by atoms with E-state index in [1.165, 1.54) is 19.3 Å². The molecule has 98 valence electrons. The van der Waals surface area contributed by atoms with Crippen molar-refractivity contribution in [1.29, 1.82) is 0 Å². The molecular formula is C14H18BrNO2. The van der Waals surface area contributed by atoms with Gasteiger partial charge in [-0.1, -0.05) is 15.9 Å². The number of aliphatic hydroxyl groups excluding tert-OH is 1. The number of carbonyl (C=O) groups excluding carboxylic acids is 1. The normalized spacial score (nSPS) is 15.2. The van der Waals surface area contributed by atoms with E-state index in [2.05, 4.69) is 20.8 Å². The van der Waals surface area contributed by atoms with E-state index >= 15 is 0 Å². The first-order valence-corrected chi connectivity index (χ1v) is 7.18. The van der Waals surface area contributed by atoms with Crippen LogP contribution in [-0.2, 0) is 0 Å². The van der Waals surface area contributed by atoms with Crippen molar-refractivity contribution in [3.8, 4) is 0 Å². The third-order valence-corrected chi connectivity index (χ3v) is 3.99. The van der Waals surface area contributed by atoms with Crippen molar-refractivity contribution in [1.82, 2.24) is 0 Å². The van der Waals surface area contributed by atoms with Gasteiger partial charge in [-0.15, -0.1) is 0 Å². The maximum atomic E-state index is 11.2. The number of hydrogen-bond acceptors (Lipinski definition) is 3. The van der Waals surface area contributed by atoms with Crippen LogP contribution >= 0.6 is 15.9 Å². The Kier molecular flexibility index (Phi) is 4.78. The standard InChI is InChI=1S/C14H18BrNO2/c15-12-5-6-14(11(9-12)10-18)16(7-2-8-17)13-3-1-4-13/h5-6,9-10,13,17H,1-4,7-8H2. The topological polar surface area (TPSA) is 40.5 Å². The van der Waals surface area contributed by atoms with Crippen LogP contribution in [0.2, 0.25) is 0 Å². The number of halogens is 1. The van der Waals surface area contributed by atoms with E-state index in [-0.39, 0.29) is 6.61 Å². The van der Waals surface area contributed by atoms with Crippen LogP contribution in [0.3, 0.4) is 0 Å². The van der Waals surface area contributed by atoms with Gasteiger partial charge in [0.1, 0.15) is 0 Å². The molecule has 0 aliphatic heterocycles. The van der Waals surface area contributed by atoms with Gasteiger partial charge in [0.05, 0.1) is 0 Å². The Bertz CT molecular complexity index is 418. The average molecular weight is 312 g/mol. The lowest BCUT2D eigenvalue weighted by Crippen LogP contribution is -2.41. The Morgan fingerprint density at radius 3 is 2.78 bits per heavy atom. The van der Waals surface area contributed by atoms with Gasteiger partial charge in [-0.2, -0.15) is 0 Å². The Hall–Kier alpha value is -0.870. The second-order valence-corrected chi connectivity index (χ2v) is 5.59. The summed E-state index contributed by atoms with van der Waals surface area (Å²) >= 11 is 3.39. The number of benzene rings is 1. The molecule has 0 bridgehead atoms. The van der Waals surface area contributed by atoms with E-state index in [4.69, 9.17) is 5.11 Å². The highest BCUT2D eigenvalue weighted by Crippen LogP contribution is 2.32. The molecule has 0 spiro atoms. The number of carbonyl (C=O) groups is 1. The molecular weight excluding hydrogens is 294 g/mol. The predicted octanol–water partition coefficient (Wildman–Crippen LogP) is 3.00. The van der Waals surface area contributed by atoms with Gasteiger partial charge in [-0.25, -0.2) is 0 Å². The molecule has 1 fully saturated rings. The second-order valence-electron chi connectivity index (χ2n) is 4.68. The van der Waals surface area contributed by atoms with Gasteiger partial charge in [0.15, 0.2) is 6.29 Å². The fourth-order valence-corrected chi connectivity index (χ4v) is 2.70. The second kappa shape index (κ2) is 6.34. The van der Waals surface area contributed by atoms with E-state index < -0.39 is 0 Å². The first kappa shape index (κ1) is 13.6. The molecule has 0 radical (unpaired) electrons. The SMILES string of the molecule is O=Cc1cc(Br)ccc1N(CCCO)C1CCC1. The molecule has 1 aliphatic rings. The summed E-state index contributed by atoms with van der Waals surface area (Å²) in [7, 11) is 0. The first-order chi connectivity index (χ1) is 8.76. The van der Waals surface area contributed by atoms with Gasteiger partial charge in [0.2, 0.25) is 0 Å². The molecule has 3 nitrogen and oxygen atoms in total. The number of hydrogen-bond donors (Lipinski definition) is 1. The summed E-state index contributed by atoms with van der Waals surface area (Å²) < 4.78 is 0.920. The van der Waals surface area contributed by atoms with Gasteiger partial charge >= 0.3 is 0 Å². The van der Waals surface area contributed by atoms with Crippen molar-refractivity contribution in [3.63, 3.8) is 0 Å². The predicted molar refractivity (Wildman–Crippen MR) is 76.2 cm³/mol. The number of anilines is 1. The fourth-order valence-electron chi connectivity index (χ4n) is 2.32. The molecule has 1 N–H and O–H groups in total. The highest BCUT2D eigenvalue weighted by Gasteiger charge is 2.26. The van der Waals surface area contributed by atoms with Gasteiger partial charge in [0, 0.05) is 34.9 Å². The lowest BCUT2D eigenvalue weighted by Gasteiger charge is -2.40. The summed E-state index contributed by atoms with van der Waals surface area (Å²) in [5.74, 6) is 0.